The monoisotopic (exact) mass is 439 g/mol. The molecule has 28 heavy (non-hydrogen) atoms. The number of anilines is 1. The number of hydrazine groups is 1. The van der Waals surface area contributed by atoms with Gasteiger partial charge >= 0.3 is 0 Å². The normalized spacial score (nSPS) is 16.3. The number of pyridine rings is 1. The average molecular weight is 440 g/mol. The van der Waals surface area contributed by atoms with Crippen LogP contribution in [0.4, 0.5) is 5.69 Å². The first kappa shape index (κ1) is 18.8. The molecule has 0 saturated heterocycles. The van der Waals surface area contributed by atoms with Crippen LogP contribution in [0.5, 0.6) is 11.5 Å². The van der Waals surface area contributed by atoms with Gasteiger partial charge in [0.2, 0.25) is 0 Å². The molecule has 2 heterocycles. The summed E-state index contributed by atoms with van der Waals surface area (Å²) >= 11 is 3.83. The summed E-state index contributed by atoms with van der Waals surface area (Å²) in [5, 5.41) is 2.18. The minimum Gasteiger partial charge on any atom is -0.493 e. The Morgan fingerprint density at radius 3 is 2.64 bits per heavy atom. The Balaban J connectivity index is 1.53. The van der Waals surface area contributed by atoms with Crippen molar-refractivity contribution < 1.29 is 9.47 Å². The first-order chi connectivity index (χ1) is 13.7. The zero-order valence-corrected chi connectivity index (χ0v) is 17.2. The maximum atomic E-state index is 6.07. The number of alkyl halides is 1. The third-order valence-electron chi connectivity index (χ3n) is 4.71. The van der Waals surface area contributed by atoms with Crippen molar-refractivity contribution in [2.75, 3.05) is 19.1 Å². The first-order valence-corrected chi connectivity index (χ1v) is 10.1. The Hall–Kier alpha value is -2.57. The predicted molar refractivity (Wildman–Crippen MR) is 114 cm³/mol. The molecular weight excluding hydrogens is 418 g/mol. The summed E-state index contributed by atoms with van der Waals surface area (Å²) in [6.45, 7) is 2.12. The molecule has 1 N–H and O–H groups in total. The summed E-state index contributed by atoms with van der Waals surface area (Å²) < 4.78 is 11.7. The molecule has 2 aromatic carbocycles. The third kappa shape index (κ3) is 4.29. The SMILES string of the molecule is COc1cc2c(cc1OCc1ccccc1)C(Br)CN(Nc1ccncc1)C2. The predicted octanol–water partition coefficient (Wildman–Crippen LogP) is 4.95. The van der Waals surface area contributed by atoms with Gasteiger partial charge in [-0.2, -0.15) is 0 Å². The molecule has 5 nitrogen and oxygen atoms in total. The fraction of sp³-hybridized carbons (Fsp3) is 0.227. The van der Waals surface area contributed by atoms with Gasteiger partial charge in [0.25, 0.3) is 0 Å². The number of methoxy groups -OCH3 is 1. The van der Waals surface area contributed by atoms with Gasteiger partial charge in [0.15, 0.2) is 11.5 Å². The molecule has 6 heteroatoms. The summed E-state index contributed by atoms with van der Waals surface area (Å²) in [5.74, 6) is 1.52. The molecule has 1 atom stereocenters. The van der Waals surface area contributed by atoms with E-state index < -0.39 is 0 Å². The highest BCUT2D eigenvalue weighted by molar-refractivity contribution is 9.09. The minimum absolute atomic E-state index is 0.190. The fourth-order valence-electron chi connectivity index (χ4n) is 3.31. The highest BCUT2D eigenvalue weighted by Gasteiger charge is 2.26. The van der Waals surface area contributed by atoms with Gasteiger partial charge in [0.05, 0.1) is 17.6 Å². The summed E-state index contributed by atoms with van der Waals surface area (Å²) in [5.41, 5.74) is 8.03. The molecule has 1 aliphatic rings. The van der Waals surface area contributed by atoms with Crippen molar-refractivity contribution in [1.29, 1.82) is 0 Å². The maximum Gasteiger partial charge on any atom is 0.162 e. The second-order valence-electron chi connectivity index (χ2n) is 6.67. The second-order valence-corrected chi connectivity index (χ2v) is 7.78. The van der Waals surface area contributed by atoms with Crippen LogP contribution in [0.2, 0.25) is 0 Å². The van der Waals surface area contributed by atoms with E-state index >= 15 is 0 Å². The Morgan fingerprint density at radius 1 is 1.11 bits per heavy atom. The van der Waals surface area contributed by atoms with Crippen molar-refractivity contribution in [3.63, 3.8) is 0 Å². The number of hydrogen-bond donors (Lipinski definition) is 1. The van der Waals surface area contributed by atoms with Crippen LogP contribution in [0.3, 0.4) is 0 Å². The Bertz CT molecular complexity index is 922. The van der Waals surface area contributed by atoms with E-state index in [9.17, 15) is 0 Å². The number of fused-ring (bicyclic) bond motifs is 1. The molecule has 0 saturated carbocycles. The summed E-state index contributed by atoms with van der Waals surface area (Å²) in [6.07, 6.45) is 3.57. The number of ether oxygens (including phenoxy) is 2. The Morgan fingerprint density at radius 2 is 1.89 bits per heavy atom. The molecule has 0 fully saturated rings. The topological polar surface area (TPSA) is 46.6 Å². The second kappa shape index (κ2) is 8.63. The smallest absolute Gasteiger partial charge is 0.162 e. The molecule has 144 valence electrons. The standard InChI is InChI=1S/C22H22BrN3O2/c1-27-21-11-17-13-26(25-18-7-9-24-10-8-18)14-20(23)19(17)12-22(21)28-15-16-5-3-2-4-6-16/h2-12,20H,13-15H2,1H3,(H,24,25). The van der Waals surface area contributed by atoms with Crippen LogP contribution < -0.4 is 14.9 Å². The van der Waals surface area contributed by atoms with Crippen molar-refractivity contribution in [2.24, 2.45) is 0 Å². The maximum absolute atomic E-state index is 6.07. The lowest BCUT2D eigenvalue weighted by molar-refractivity contribution is 0.278. The Kier molecular flexibility index (Phi) is 5.78. The summed E-state index contributed by atoms with van der Waals surface area (Å²) in [6, 6.07) is 18.2. The van der Waals surface area contributed by atoms with Crippen LogP contribution in [0.15, 0.2) is 67.0 Å². The molecule has 0 bridgehead atoms. The van der Waals surface area contributed by atoms with Crippen LogP contribution in [0.1, 0.15) is 21.5 Å². The molecule has 1 unspecified atom stereocenters. The van der Waals surface area contributed by atoms with Crippen LogP contribution in [0.25, 0.3) is 0 Å². The van der Waals surface area contributed by atoms with E-state index in [0.29, 0.717) is 6.61 Å². The van der Waals surface area contributed by atoms with E-state index in [4.69, 9.17) is 9.47 Å². The number of hydrogen-bond acceptors (Lipinski definition) is 5. The van der Waals surface area contributed by atoms with Crippen molar-refractivity contribution in [3.8, 4) is 11.5 Å². The van der Waals surface area contributed by atoms with E-state index in [1.165, 1.54) is 11.1 Å². The van der Waals surface area contributed by atoms with Crippen LogP contribution in [0, 0.1) is 0 Å². The number of aromatic nitrogens is 1. The van der Waals surface area contributed by atoms with Gasteiger partial charge in [-0.1, -0.05) is 46.3 Å². The lowest BCUT2D eigenvalue weighted by Gasteiger charge is -2.33. The third-order valence-corrected chi connectivity index (χ3v) is 5.49. The number of benzene rings is 2. The van der Waals surface area contributed by atoms with Gasteiger partial charge in [0, 0.05) is 25.5 Å². The lowest BCUT2D eigenvalue weighted by Crippen LogP contribution is -2.36. The van der Waals surface area contributed by atoms with Crippen molar-refractivity contribution in [2.45, 2.75) is 18.0 Å². The van der Waals surface area contributed by atoms with E-state index in [0.717, 1.165) is 35.8 Å². The average Bonchev–Trinajstić information content (AvgIpc) is 2.73. The van der Waals surface area contributed by atoms with E-state index in [1.807, 2.05) is 30.3 Å². The first-order valence-electron chi connectivity index (χ1n) is 9.16. The van der Waals surface area contributed by atoms with Gasteiger partial charge < -0.3 is 14.9 Å². The van der Waals surface area contributed by atoms with Gasteiger partial charge in [-0.15, -0.1) is 0 Å². The van der Waals surface area contributed by atoms with Gasteiger partial charge in [0.1, 0.15) is 6.61 Å². The zero-order chi connectivity index (χ0) is 19.3. The molecule has 0 radical (unpaired) electrons. The molecule has 0 spiro atoms. The molecule has 0 amide bonds. The quantitative estimate of drug-likeness (QED) is 0.550. The summed E-state index contributed by atoms with van der Waals surface area (Å²) in [7, 11) is 1.68. The zero-order valence-electron chi connectivity index (χ0n) is 15.6. The van der Waals surface area contributed by atoms with Crippen molar-refractivity contribution in [3.05, 3.63) is 83.7 Å². The molecule has 1 aromatic heterocycles. The molecule has 3 aromatic rings. The number of nitrogens with zero attached hydrogens (tertiary/aromatic N) is 2. The lowest BCUT2D eigenvalue weighted by atomic mass is 9.99. The molecule has 4 rings (SSSR count). The van der Waals surface area contributed by atoms with Crippen LogP contribution in [-0.2, 0) is 13.2 Å². The van der Waals surface area contributed by atoms with Gasteiger partial charge in [-0.3, -0.25) is 4.98 Å². The van der Waals surface area contributed by atoms with Crippen molar-refractivity contribution in [1.82, 2.24) is 9.99 Å². The molecular formula is C22H22BrN3O2. The van der Waals surface area contributed by atoms with Gasteiger partial charge in [-0.05, 0) is 41.0 Å². The number of rotatable bonds is 6. The highest BCUT2D eigenvalue weighted by Crippen LogP contribution is 2.40. The van der Waals surface area contributed by atoms with Gasteiger partial charge in [-0.25, -0.2) is 5.01 Å². The minimum atomic E-state index is 0.190. The van der Waals surface area contributed by atoms with E-state index in [1.54, 1.807) is 19.5 Å². The van der Waals surface area contributed by atoms with Crippen LogP contribution >= 0.6 is 15.9 Å². The number of halogens is 1. The summed E-state index contributed by atoms with van der Waals surface area (Å²) in [4.78, 5) is 4.25. The van der Waals surface area contributed by atoms with Crippen molar-refractivity contribution >= 4 is 21.6 Å². The van der Waals surface area contributed by atoms with Crippen LogP contribution in [-0.4, -0.2) is 23.6 Å². The largest absolute Gasteiger partial charge is 0.493 e. The molecule has 0 aliphatic carbocycles. The van der Waals surface area contributed by atoms with E-state index in [2.05, 4.69) is 55.6 Å². The van der Waals surface area contributed by atoms with E-state index in [-0.39, 0.29) is 4.83 Å². The highest BCUT2D eigenvalue weighted by atomic mass is 79.9. The molecule has 1 aliphatic heterocycles. The number of nitrogens with one attached hydrogen (secondary N) is 1. The fourth-order valence-corrected chi connectivity index (χ4v) is 4.09. The Labute approximate surface area is 173 Å².